The Hall–Kier alpha value is -3.75. The van der Waals surface area contributed by atoms with Gasteiger partial charge in [0.15, 0.2) is 0 Å². The van der Waals surface area contributed by atoms with Crippen LogP contribution in [0.25, 0.3) is 10.9 Å². The number of carbonyl (C=O) groups is 2. The fourth-order valence-electron chi connectivity index (χ4n) is 4.21. The van der Waals surface area contributed by atoms with Gasteiger partial charge in [0.1, 0.15) is 40.8 Å². The zero-order valence-electron chi connectivity index (χ0n) is 19.5. The molecule has 2 N–H and O–H groups in total. The molecule has 1 atom stereocenters. The van der Waals surface area contributed by atoms with Crippen molar-refractivity contribution in [1.82, 2.24) is 15.2 Å². The quantitative estimate of drug-likeness (QED) is 0.552. The van der Waals surface area contributed by atoms with Gasteiger partial charge in [-0.25, -0.2) is 8.78 Å². The summed E-state index contributed by atoms with van der Waals surface area (Å²) in [4.78, 5) is 31.8. The van der Waals surface area contributed by atoms with E-state index < -0.39 is 23.5 Å². The van der Waals surface area contributed by atoms with Crippen molar-refractivity contribution in [2.45, 2.75) is 38.8 Å². The molecule has 4 rings (SSSR count). The lowest BCUT2D eigenvalue weighted by atomic mass is 9.99. The smallest absolute Gasteiger partial charge is 0.255 e. The highest BCUT2D eigenvalue weighted by Crippen LogP contribution is 2.28. The van der Waals surface area contributed by atoms with Crippen LogP contribution in [0.3, 0.4) is 0 Å². The molecule has 1 aromatic heterocycles. The number of aromatic hydroxyl groups is 1. The Morgan fingerprint density at radius 1 is 1.14 bits per heavy atom. The van der Waals surface area contributed by atoms with E-state index in [9.17, 15) is 23.5 Å². The van der Waals surface area contributed by atoms with E-state index in [2.05, 4.69) is 10.3 Å². The standard InChI is InChI=1S/C26H27F2N3O4/c1-15(2)23(30-25(33)19-6-5-16(27)14-21(19)32)26(34)31-12-9-17(10-13-31)35-22-8-7-20(28)18-4-3-11-29-24(18)22/h3-8,11,14-15,17,23,32H,9-10,12-13H2,1-2H3,(H,30,33)/t23-/m0/s1. The first-order chi connectivity index (χ1) is 16.7. The first-order valence-electron chi connectivity index (χ1n) is 11.5. The Kier molecular flexibility index (Phi) is 7.14. The van der Waals surface area contributed by atoms with E-state index in [4.69, 9.17) is 4.74 Å². The fraction of sp³-hybridized carbons (Fsp3) is 0.346. The summed E-state index contributed by atoms with van der Waals surface area (Å²) in [5, 5.41) is 13.0. The Morgan fingerprint density at radius 2 is 1.89 bits per heavy atom. The number of likely N-dealkylation sites (tertiary alicyclic amines) is 1. The second kappa shape index (κ2) is 10.2. The number of carbonyl (C=O) groups excluding carboxylic acids is 2. The minimum Gasteiger partial charge on any atom is -0.507 e. The molecule has 1 aliphatic rings. The summed E-state index contributed by atoms with van der Waals surface area (Å²) in [5.41, 5.74) is 0.356. The van der Waals surface area contributed by atoms with Gasteiger partial charge in [-0.2, -0.15) is 0 Å². The van der Waals surface area contributed by atoms with Crippen LogP contribution < -0.4 is 10.1 Å². The lowest BCUT2D eigenvalue weighted by Crippen LogP contribution is -2.53. The van der Waals surface area contributed by atoms with Gasteiger partial charge in [0.25, 0.3) is 5.91 Å². The molecular formula is C26H27F2N3O4. The van der Waals surface area contributed by atoms with Gasteiger partial charge in [-0.15, -0.1) is 0 Å². The molecule has 0 radical (unpaired) electrons. The summed E-state index contributed by atoms with van der Waals surface area (Å²) in [7, 11) is 0. The number of piperidine rings is 1. The summed E-state index contributed by atoms with van der Waals surface area (Å²) < 4.78 is 33.4. The number of rotatable bonds is 6. The first kappa shape index (κ1) is 24.4. The van der Waals surface area contributed by atoms with Crippen LogP contribution in [0.1, 0.15) is 37.0 Å². The van der Waals surface area contributed by atoms with Crippen LogP contribution in [0.4, 0.5) is 8.78 Å². The van der Waals surface area contributed by atoms with Crippen molar-refractivity contribution in [2.75, 3.05) is 13.1 Å². The topological polar surface area (TPSA) is 91.8 Å². The van der Waals surface area contributed by atoms with Gasteiger partial charge in [-0.05, 0) is 42.3 Å². The van der Waals surface area contributed by atoms with E-state index >= 15 is 0 Å². The third kappa shape index (κ3) is 5.34. The first-order valence-corrected chi connectivity index (χ1v) is 11.5. The number of hydrogen-bond donors (Lipinski definition) is 2. The molecule has 1 aliphatic heterocycles. The number of halogens is 2. The van der Waals surface area contributed by atoms with Gasteiger partial charge in [0.2, 0.25) is 5.91 Å². The van der Waals surface area contributed by atoms with E-state index in [1.807, 2.05) is 13.8 Å². The molecule has 0 bridgehead atoms. The van der Waals surface area contributed by atoms with Crippen molar-refractivity contribution in [2.24, 2.45) is 5.92 Å². The number of pyridine rings is 1. The number of nitrogens with zero attached hydrogens (tertiary/aromatic N) is 2. The zero-order valence-corrected chi connectivity index (χ0v) is 19.5. The molecule has 2 heterocycles. The second-order valence-corrected chi connectivity index (χ2v) is 8.94. The maximum atomic E-state index is 14.1. The number of hydrogen-bond acceptors (Lipinski definition) is 5. The lowest BCUT2D eigenvalue weighted by molar-refractivity contribution is -0.136. The molecule has 7 nitrogen and oxygen atoms in total. The second-order valence-electron chi connectivity index (χ2n) is 8.94. The van der Waals surface area contributed by atoms with Gasteiger partial charge >= 0.3 is 0 Å². The predicted octanol–water partition coefficient (Wildman–Crippen LogP) is 4.04. The molecule has 2 amide bonds. The zero-order chi connectivity index (χ0) is 25.1. The highest BCUT2D eigenvalue weighted by Gasteiger charge is 2.32. The SMILES string of the molecule is CC(C)[C@H](NC(=O)c1ccc(F)cc1O)C(=O)N1CCC(Oc2ccc(F)c3cccnc23)CC1. The van der Waals surface area contributed by atoms with Crippen molar-refractivity contribution >= 4 is 22.7 Å². The molecule has 0 saturated carbocycles. The number of phenols is 1. The van der Waals surface area contributed by atoms with Crippen molar-refractivity contribution < 1.29 is 28.2 Å². The molecule has 2 aromatic carbocycles. The van der Waals surface area contributed by atoms with Gasteiger partial charge in [0, 0.05) is 43.6 Å². The monoisotopic (exact) mass is 483 g/mol. The molecule has 3 aromatic rings. The molecule has 1 saturated heterocycles. The highest BCUT2D eigenvalue weighted by molar-refractivity contribution is 5.99. The molecular weight excluding hydrogens is 456 g/mol. The summed E-state index contributed by atoms with van der Waals surface area (Å²) >= 11 is 0. The molecule has 0 aliphatic carbocycles. The number of benzene rings is 2. The van der Waals surface area contributed by atoms with Crippen LogP contribution in [0.15, 0.2) is 48.7 Å². The number of amides is 2. The number of aromatic nitrogens is 1. The summed E-state index contributed by atoms with van der Waals surface area (Å²) in [5.74, 6) is -2.11. The van der Waals surface area contributed by atoms with Crippen LogP contribution in [0, 0.1) is 17.6 Å². The van der Waals surface area contributed by atoms with Gasteiger partial charge < -0.3 is 20.1 Å². The average molecular weight is 484 g/mol. The van der Waals surface area contributed by atoms with E-state index in [1.54, 1.807) is 29.3 Å². The number of fused-ring (bicyclic) bond motifs is 1. The molecule has 1 fully saturated rings. The molecule has 0 spiro atoms. The average Bonchev–Trinajstić information content (AvgIpc) is 2.84. The van der Waals surface area contributed by atoms with Crippen LogP contribution >= 0.6 is 0 Å². The summed E-state index contributed by atoms with van der Waals surface area (Å²) in [6.45, 7) is 4.49. The van der Waals surface area contributed by atoms with E-state index in [0.29, 0.717) is 42.6 Å². The minimum atomic E-state index is -0.810. The van der Waals surface area contributed by atoms with E-state index in [-0.39, 0.29) is 29.3 Å². The maximum absolute atomic E-state index is 14.1. The van der Waals surface area contributed by atoms with Crippen LogP contribution in [-0.4, -0.2) is 52.0 Å². The number of nitrogens with one attached hydrogen (secondary N) is 1. The van der Waals surface area contributed by atoms with Crippen LogP contribution in [0.2, 0.25) is 0 Å². The van der Waals surface area contributed by atoms with Crippen LogP contribution in [0.5, 0.6) is 11.5 Å². The third-order valence-corrected chi connectivity index (χ3v) is 6.15. The van der Waals surface area contributed by atoms with Gasteiger partial charge in [-0.3, -0.25) is 14.6 Å². The third-order valence-electron chi connectivity index (χ3n) is 6.15. The van der Waals surface area contributed by atoms with Crippen molar-refractivity contribution in [1.29, 1.82) is 0 Å². The van der Waals surface area contributed by atoms with Crippen molar-refractivity contribution in [3.05, 3.63) is 65.9 Å². The van der Waals surface area contributed by atoms with E-state index in [0.717, 1.165) is 12.1 Å². The Balaban J connectivity index is 1.39. The van der Waals surface area contributed by atoms with Gasteiger partial charge in [0.05, 0.1) is 5.56 Å². The number of ether oxygens (including phenoxy) is 1. The van der Waals surface area contributed by atoms with Crippen molar-refractivity contribution in [3.8, 4) is 11.5 Å². The Morgan fingerprint density at radius 3 is 2.57 bits per heavy atom. The Labute approximate surface area is 201 Å². The summed E-state index contributed by atoms with van der Waals surface area (Å²) in [6, 6.07) is 8.54. The predicted molar refractivity (Wildman–Crippen MR) is 126 cm³/mol. The molecule has 35 heavy (non-hydrogen) atoms. The summed E-state index contributed by atoms with van der Waals surface area (Å²) in [6.07, 6.45) is 2.55. The Bertz CT molecular complexity index is 1240. The molecule has 184 valence electrons. The molecule has 0 unspecified atom stereocenters. The number of phenolic OH excluding ortho intramolecular Hbond substituents is 1. The van der Waals surface area contributed by atoms with Crippen molar-refractivity contribution in [3.63, 3.8) is 0 Å². The fourth-order valence-corrected chi connectivity index (χ4v) is 4.21. The van der Waals surface area contributed by atoms with E-state index in [1.165, 1.54) is 12.1 Å². The molecule has 9 heteroatoms. The normalized spacial score (nSPS) is 15.3. The highest BCUT2D eigenvalue weighted by atomic mass is 19.1. The van der Waals surface area contributed by atoms with Gasteiger partial charge in [-0.1, -0.05) is 13.8 Å². The van der Waals surface area contributed by atoms with Crippen LogP contribution in [-0.2, 0) is 4.79 Å². The minimum absolute atomic E-state index is 0.0999. The maximum Gasteiger partial charge on any atom is 0.255 e. The largest absolute Gasteiger partial charge is 0.507 e. The lowest BCUT2D eigenvalue weighted by Gasteiger charge is -2.35.